The van der Waals surface area contributed by atoms with Crippen LogP contribution in [0.25, 0.3) is 0 Å². The molecule has 0 aromatic heterocycles. The second-order valence-corrected chi connectivity index (χ2v) is 4.53. The molecule has 2 atom stereocenters. The molecule has 0 spiro atoms. The highest BCUT2D eigenvalue weighted by atomic mass is 16.5. The van der Waals surface area contributed by atoms with Gasteiger partial charge in [-0.05, 0) is 18.3 Å². The highest BCUT2D eigenvalue weighted by Gasteiger charge is 2.34. The quantitative estimate of drug-likeness (QED) is 0.635. The molecule has 1 aliphatic rings. The summed E-state index contributed by atoms with van der Waals surface area (Å²) < 4.78 is 4.80. The van der Waals surface area contributed by atoms with E-state index < -0.39 is 5.97 Å². The molecule has 2 amide bonds. The summed E-state index contributed by atoms with van der Waals surface area (Å²) >= 11 is 0. The summed E-state index contributed by atoms with van der Waals surface area (Å²) in [6, 6.07) is -0.136. The molecule has 1 fully saturated rings. The number of rotatable bonds is 7. The van der Waals surface area contributed by atoms with Gasteiger partial charge in [0, 0.05) is 20.1 Å². The van der Waals surface area contributed by atoms with E-state index in [9.17, 15) is 9.59 Å². The van der Waals surface area contributed by atoms with E-state index in [0.29, 0.717) is 12.5 Å². The Hall–Kier alpha value is -1.30. The molecule has 0 saturated heterocycles. The van der Waals surface area contributed by atoms with E-state index in [0.717, 1.165) is 12.5 Å². The number of urea groups is 1. The van der Waals surface area contributed by atoms with Crippen LogP contribution < -0.4 is 5.32 Å². The minimum atomic E-state index is -1.00. The maximum atomic E-state index is 11.6. The van der Waals surface area contributed by atoms with E-state index in [-0.39, 0.29) is 19.2 Å². The third-order valence-corrected chi connectivity index (χ3v) is 2.88. The summed E-state index contributed by atoms with van der Waals surface area (Å²) in [6.07, 6.45) is 1.19. The first-order valence-corrected chi connectivity index (χ1v) is 5.79. The topological polar surface area (TPSA) is 78.9 Å². The van der Waals surface area contributed by atoms with Gasteiger partial charge in [0.05, 0.1) is 6.61 Å². The van der Waals surface area contributed by atoms with Crippen molar-refractivity contribution in [3.8, 4) is 0 Å². The smallest absolute Gasteiger partial charge is 0.329 e. The number of ether oxygens (including phenoxy) is 1. The van der Waals surface area contributed by atoms with Gasteiger partial charge in [-0.25, -0.2) is 9.59 Å². The highest BCUT2D eigenvalue weighted by molar-refractivity contribution is 5.73. The van der Waals surface area contributed by atoms with E-state index in [1.807, 2.05) is 0 Å². The number of nitrogens with zero attached hydrogens (tertiary/aromatic N) is 1. The molecule has 0 bridgehead atoms. The minimum Gasteiger partial charge on any atom is -0.480 e. The molecule has 6 heteroatoms. The van der Waals surface area contributed by atoms with Crippen molar-refractivity contribution in [3.63, 3.8) is 0 Å². The maximum Gasteiger partial charge on any atom is 0.329 e. The van der Waals surface area contributed by atoms with Crippen molar-refractivity contribution in [1.82, 2.24) is 10.2 Å². The van der Waals surface area contributed by atoms with Crippen molar-refractivity contribution < 1.29 is 19.4 Å². The van der Waals surface area contributed by atoms with Crippen LogP contribution in [-0.2, 0) is 9.53 Å². The van der Waals surface area contributed by atoms with Gasteiger partial charge in [0.2, 0.25) is 0 Å². The number of aliphatic carboxylic acids is 1. The van der Waals surface area contributed by atoms with Crippen molar-refractivity contribution in [2.45, 2.75) is 13.3 Å². The standard InChI is InChI=1S/C11H20N2O4/c1-8-5-9(8)6-13(2)11(16)12-3-4-17-7-10(14)15/h8-9H,3-7H2,1-2H3,(H,12,16)(H,14,15). The Morgan fingerprint density at radius 2 is 2.18 bits per heavy atom. The van der Waals surface area contributed by atoms with Crippen LogP contribution in [0.2, 0.25) is 0 Å². The molecule has 0 aromatic rings. The second-order valence-electron chi connectivity index (χ2n) is 4.53. The summed E-state index contributed by atoms with van der Waals surface area (Å²) in [6.45, 7) is 3.17. The summed E-state index contributed by atoms with van der Waals surface area (Å²) in [7, 11) is 1.76. The Balaban J connectivity index is 2.01. The van der Waals surface area contributed by atoms with Crippen LogP contribution >= 0.6 is 0 Å². The number of amides is 2. The fourth-order valence-corrected chi connectivity index (χ4v) is 1.61. The van der Waals surface area contributed by atoms with Crippen LogP contribution in [0, 0.1) is 11.8 Å². The van der Waals surface area contributed by atoms with E-state index in [4.69, 9.17) is 9.84 Å². The van der Waals surface area contributed by atoms with Crippen LogP contribution in [0.1, 0.15) is 13.3 Å². The molecule has 17 heavy (non-hydrogen) atoms. The first-order valence-electron chi connectivity index (χ1n) is 5.79. The first-order chi connectivity index (χ1) is 8.00. The summed E-state index contributed by atoms with van der Waals surface area (Å²) in [5.74, 6) is 0.356. The second kappa shape index (κ2) is 6.44. The third-order valence-electron chi connectivity index (χ3n) is 2.88. The van der Waals surface area contributed by atoms with Gasteiger partial charge in [-0.3, -0.25) is 0 Å². The number of carboxylic acid groups (broad SMARTS) is 1. The van der Waals surface area contributed by atoms with Gasteiger partial charge in [-0.2, -0.15) is 0 Å². The van der Waals surface area contributed by atoms with Crippen LogP contribution in [0.3, 0.4) is 0 Å². The van der Waals surface area contributed by atoms with Crippen molar-refractivity contribution >= 4 is 12.0 Å². The fraction of sp³-hybridized carbons (Fsp3) is 0.818. The number of hydrogen-bond donors (Lipinski definition) is 2. The largest absolute Gasteiger partial charge is 0.480 e. The first kappa shape index (κ1) is 13.8. The zero-order valence-electron chi connectivity index (χ0n) is 10.3. The van der Waals surface area contributed by atoms with Gasteiger partial charge in [0.15, 0.2) is 0 Å². The molecule has 2 N–H and O–H groups in total. The van der Waals surface area contributed by atoms with Gasteiger partial charge in [0.25, 0.3) is 0 Å². The zero-order chi connectivity index (χ0) is 12.8. The third kappa shape index (κ3) is 5.53. The monoisotopic (exact) mass is 244 g/mol. The Kier molecular flexibility index (Phi) is 5.21. The van der Waals surface area contributed by atoms with E-state index in [2.05, 4.69) is 12.2 Å². The Morgan fingerprint density at radius 3 is 2.71 bits per heavy atom. The summed E-state index contributed by atoms with van der Waals surface area (Å²) in [5.41, 5.74) is 0. The number of carboxylic acids is 1. The molecular weight excluding hydrogens is 224 g/mol. The van der Waals surface area contributed by atoms with Crippen molar-refractivity contribution in [3.05, 3.63) is 0 Å². The van der Waals surface area contributed by atoms with Crippen molar-refractivity contribution in [2.24, 2.45) is 11.8 Å². The predicted octanol–water partition coefficient (Wildman–Crippen LogP) is 0.385. The lowest BCUT2D eigenvalue weighted by molar-refractivity contribution is -0.142. The molecule has 6 nitrogen and oxygen atoms in total. The number of carbonyl (C=O) groups excluding carboxylic acids is 1. The lowest BCUT2D eigenvalue weighted by Crippen LogP contribution is -2.40. The van der Waals surface area contributed by atoms with E-state index >= 15 is 0 Å². The normalized spacial score (nSPS) is 22.0. The predicted molar refractivity (Wildman–Crippen MR) is 61.8 cm³/mol. The fourth-order valence-electron chi connectivity index (χ4n) is 1.61. The van der Waals surface area contributed by atoms with Crippen LogP contribution in [0.4, 0.5) is 4.79 Å². The molecule has 1 rings (SSSR count). The average Bonchev–Trinajstić information content (AvgIpc) is 2.92. The molecule has 2 unspecified atom stereocenters. The Bertz CT molecular complexity index is 283. The van der Waals surface area contributed by atoms with E-state index in [1.54, 1.807) is 11.9 Å². The van der Waals surface area contributed by atoms with Crippen molar-refractivity contribution in [1.29, 1.82) is 0 Å². The zero-order valence-corrected chi connectivity index (χ0v) is 10.3. The van der Waals surface area contributed by atoms with Crippen LogP contribution in [-0.4, -0.2) is 55.4 Å². The number of hydrogen-bond acceptors (Lipinski definition) is 3. The molecule has 98 valence electrons. The van der Waals surface area contributed by atoms with Gasteiger partial charge in [-0.15, -0.1) is 0 Å². The molecule has 0 aromatic carbocycles. The van der Waals surface area contributed by atoms with Gasteiger partial charge in [-0.1, -0.05) is 6.92 Å². The molecule has 0 heterocycles. The van der Waals surface area contributed by atoms with Crippen LogP contribution in [0.5, 0.6) is 0 Å². The minimum absolute atomic E-state index is 0.136. The molecule has 1 aliphatic carbocycles. The molecule has 0 aliphatic heterocycles. The number of nitrogens with one attached hydrogen (secondary N) is 1. The Morgan fingerprint density at radius 1 is 1.53 bits per heavy atom. The maximum absolute atomic E-state index is 11.6. The van der Waals surface area contributed by atoms with Gasteiger partial charge < -0.3 is 20.1 Å². The lowest BCUT2D eigenvalue weighted by atomic mass is 10.3. The molecule has 1 saturated carbocycles. The summed E-state index contributed by atoms with van der Waals surface area (Å²) in [5, 5.41) is 11.0. The van der Waals surface area contributed by atoms with Crippen molar-refractivity contribution in [2.75, 3.05) is 33.4 Å². The Labute approximate surface area is 101 Å². The average molecular weight is 244 g/mol. The lowest BCUT2D eigenvalue weighted by Gasteiger charge is -2.17. The molecule has 0 radical (unpaired) electrons. The van der Waals surface area contributed by atoms with Gasteiger partial charge >= 0.3 is 12.0 Å². The number of carbonyl (C=O) groups is 2. The van der Waals surface area contributed by atoms with Crippen LogP contribution in [0.15, 0.2) is 0 Å². The highest BCUT2D eigenvalue weighted by Crippen LogP contribution is 2.37. The van der Waals surface area contributed by atoms with Gasteiger partial charge in [0.1, 0.15) is 6.61 Å². The van der Waals surface area contributed by atoms with E-state index in [1.165, 1.54) is 6.42 Å². The molecular formula is C11H20N2O4. The SMILES string of the molecule is CC1CC1CN(C)C(=O)NCCOCC(=O)O. The summed E-state index contributed by atoms with van der Waals surface area (Å²) in [4.78, 5) is 23.4.